The Hall–Kier alpha value is -2.42. The van der Waals surface area contributed by atoms with Gasteiger partial charge in [-0.2, -0.15) is 0 Å². The maximum atomic E-state index is 4.56. The van der Waals surface area contributed by atoms with Crippen LogP contribution in [0.2, 0.25) is 0 Å². The first kappa shape index (κ1) is 10.7. The molecule has 1 aromatic carbocycles. The molecule has 2 aromatic heterocycles. The van der Waals surface area contributed by atoms with E-state index >= 15 is 0 Å². The largest absolute Gasteiger partial charge is 0.340 e. The van der Waals surface area contributed by atoms with Crippen molar-refractivity contribution >= 4 is 22.5 Å². The van der Waals surface area contributed by atoms with E-state index in [1.54, 1.807) is 0 Å². The SMILES string of the molecule is Cc1cnc2ccc(Nc3ccccc3)nc2c1. The van der Waals surface area contributed by atoms with Gasteiger partial charge in [0.05, 0.1) is 11.0 Å². The molecule has 0 saturated heterocycles. The van der Waals surface area contributed by atoms with Crippen LogP contribution in [0.25, 0.3) is 11.0 Å². The summed E-state index contributed by atoms with van der Waals surface area (Å²) in [6.45, 7) is 2.02. The molecule has 0 bridgehead atoms. The highest BCUT2D eigenvalue weighted by molar-refractivity contribution is 5.77. The van der Waals surface area contributed by atoms with Crippen LogP contribution in [-0.4, -0.2) is 9.97 Å². The summed E-state index contributed by atoms with van der Waals surface area (Å²) in [5.74, 6) is 0.834. The molecule has 3 aromatic rings. The Morgan fingerprint density at radius 2 is 1.78 bits per heavy atom. The fourth-order valence-corrected chi connectivity index (χ4v) is 1.85. The lowest BCUT2D eigenvalue weighted by atomic mass is 10.2. The molecule has 2 heterocycles. The topological polar surface area (TPSA) is 37.8 Å². The maximum absolute atomic E-state index is 4.56. The van der Waals surface area contributed by atoms with E-state index in [1.807, 2.05) is 61.7 Å². The minimum Gasteiger partial charge on any atom is -0.340 e. The molecule has 3 heteroatoms. The first-order chi connectivity index (χ1) is 8.81. The van der Waals surface area contributed by atoms with Gasteiger partial charge in [0.2, 0.25) is 0 Å². The van der Waals surface area contributed by atoms with Crippen molar-refractivity contribution in [2.24, 2.45) is 0 Å². The lowest BCUT2D eigenvalue weighted by Crippen LogP contribution is -1.94. The van der Waals surface area contributed by atoms with Gasteiger partial charge < -0.3 is 5.32 Å². The average molecular weight is 235 g/mol. The van der Waals surface area contributed by atoms with Crippen LogP contribution in [0.1, 0.15) is 5.56 Å². The Labute approximate surface area is 106 Å². The van der Waals surface area contributed by atoms with Gasteiger partial charge in [0.25, 0.3) is 0 Å². The number of nitrogens with zero attached hydrogens (tertiary/aromatic N) is 2. The van der Waals surface area contributed by atoms with Crippen LogP contribution in [-0.2, 0) is 0 Å². The zero-order valence-corrected chi connectivity index (χ0v) is 10.1. The van der Waals surface area contributed by atoms with Crippen molar-refractivity contribution in [2.75, 3.05) is 5.32 Å². The third kappa shape index (κ3) is 2.15. The van der Waals surface area contributed by atoms with Crippen LogP contribution in [0, 0.1) is 6.92 Å². The van der Waals surface area contributed by atoms with E-state index in [9.17, 15) is 0 Å². The van der Waals surface area contributed by atoms with Gasteiger partial charge in [0.1, 0.15) is 5.82 Å². The number of rotatable bonds is 2. The van der Waals surface area contributed by atoms with E-state index in [2.05, 4.69) is 15.3 Å². The molecule has 0 spiro atoms. The molecule has 0 amide bonds. The maximum Gasteiger partial charge on any atom is 0.131 e. The van der Waals surface area contributed by atoms with Gasteiger partial charge in [-0.25, -0.2) is 4.98 Å². The Balaban J connectivity index is 1.98. The standard InChI is InChI=1S/C15H13N3/c1-11-9-14-13(16-10-11)7-8-15(18-14)17-12-5-3-2-4-6-12/h2-10H,1H3,(H,17,18). The summed E-state index contributed by atoms with van der Waals surface area (Å²) in [6, 6.07) is 16.0. The highest BCUT2D eigenvalue weighted by Gasteiger charge is 2.00. The first-order valence-electron chi connectivity index (χ1n) is 5.87. The Morgan fingerprint density at radius 1 is 0.944 bits per heavy atom. The molecule has 0 unspecified atom stereocenters. The minimum absolute atomic E-state index is 0.834. The van der Waals surface area contributed by atoms with Crippen molar-refractivity contribution < 1.29 is 0 Å². The number of aromatic nitrogens is 2. The van der Waals surface area contributed by atoms with Gasteiger partial charge in [0.15, 0.2) is 0 Å². The van der Waals surface area contributed by atoms with E-state index in [0.717, 1.165) is 28.1 Å². The Bertz CT molecular complexity index is 678. The van der Waals surface area contributed by atoms with Gasteiger partial charge in [-0.3, -0.25) is 4.98 Å². The number of anilines is 2. The smallest absolute Gasteiger partial charge is 0.131 e. The van der Waals surface area contributed by atoms with E-state index < -0.39 is 0 Å². The van der Waals surface area contributed by atoms with Crippen LogP contribution in [0.15, 0.2) is 54.7 Å². The fraction of sp³-hybridized carbons (Fsp3) is 0.0667. The number of aryl methyl sites for hydroxylation is 1. The van der Waals surface area contributed by atoms with Crippen LogP contribution in [0.5, 0.6) is 0 Å². The molecule has 3 rings (SSSR count). The van der Waals surface area contributed by atoms with E-state index in [-0.39, 0.29) is 0 Å². The van der Waals surface area contributed by atoms with Crippen LogP contribution in [0.3, 0.4) is 0 Å². The second kappa shape index (κ2) is 4.45. The highest BCUT2D eigenvalue weighted by atomic mass is 15.0. The lowest BCUT2D eigenvalue weighted by molar-refractivity contribution is 1.28. The van der Waals surface area contributed by atoms with E-state index in [1.165, 1.54) is 0 Å². The molecule has 0 radical (unpaired) electrons. The molecule has 0 aliphatic heterocycles. The number of nitrogens with one attached hydrogen (secondary N) is 1. The third-order valence-corrected chi connectivity index (χ3v) is 2.72. The molecule has 0 atom stereocenters. The Morgan fingerprint density at radius 3 is 2.61 bits per heavy atom. The number of benzene rings is 1. The number of hydrogen-bond donors (Lipinski definition) is 1. The van der Waals surface area contributed by atoms with E-state index in [0.29, 0.717) is 0 Å². The van der Waals surface area contributed by atoms with Crippen molar-refractivity contribution in [1.82, 2.24) is 9.97 Å². The minimum atomic E-state index is 0.834. The summed E-state index contributed by atoms with van der Waals surface area (Å²) in [5, 5.41) is 3.28. The second-order valence-corrected chi connectivity index (χ2v) is 4.24. The quantitative estimate of drug-likeness (QED) is 0.736. The molecule has 0 aliphatic rings. The monoisotopic (exact) mass is 235 g/mol. The van der Waals surface area contributed by atoms with Crippen molar-refractivity contribution in [3.05, 3.63) is 60.3 Å². The fourth-order valence-electron chi connectivity index (χ4n) is 1.85. The number of hydrogen-bond acceptors (Lipinski definition) is 3. The number of para-hydroxylation sites is 1. The summed E-state index contributed by atoms with van der Waals surface area (Å²) >= 11 is 0. The van der Waals surface area contributed by atoms with Gasteiger partial charge in [-0.15, -0.1) is 0 Å². The third-order valence-electron chi connectivity index (χ3n) is 2.72. The predicted octanol–water partition coefficient (Wildman–Crippen LogP) is 3.68. The zero-order valence-electron chi connectivity index (χ0n) is 10.1. The molecule has 0 fully saturated rings. The molecule has 18 heavy (non-hydrogen) atoms. The average Bonchev–Trinajstić information content (AvgIpc) is 2.39. The predicted molar refractivity (Wildman–Crippen MR) is 74.0 cm³/mol. The molecule has 88 valence electrons. The molecule has 3 nitrogen and oxygen atoms in total. The van der Waals surface area contributed by atoms with Gasteiger partial charge in [-0.05, 0) is 42.8 Å². The summed E-state index contributed by atoms with van der Waals surface area (Å²) in [4.78, 5) is 8.90. The number of pyridine rings is 2. The molecule has 0 aliphatic carbocycles. The first-order valence-corrected chi connectivity index (χ1v) is 5.87. The van der Waals surface area contributed by atoms with Crippen molar-refractivity contribution in [3.63, 3.8) is 0 Å². The van der Waals surface area contributed by atoms with Crippen molar-refractivity contribution in [2.45, 2.75) is 6.92 Å². The Kier molecular flexibility index (Phi) is 2.65. The van der Waals surface area contributed by atoms with Crippen LogP contribution >= 0.6 is 0 Å². The van der Waals surface area contributed by atoms with Crippen LogP contribution < -0.4 is 5.32 Å². The summed E-state index contributed by atoms with van der Waals surface area (Å²) in [6.07, 6.45) is 1.86. The van der Waals surface area contributed by atoms with Gasteiger partial charge in [0, 0.05) is 11.9 Å². The molecular formula is C15H13N3. The summed E-state index contributed by atoms with van der Waals surface area (Å²) in [7, 11) is 0. The number of fused-ring (bicyclic) bond motifs is 1. The summed E-state index contributed by atoms with van der Waals surface area (Å²) < 4.78 is 0. The second-order valence-electron chi connectivity index (χ2n) is 4.24. The van der Waals surface area contributed by atoms with E-state index in [4.69, 9.17) is 0 Å². The molecule has 1 N–H and O–H groups in total. The zero-order chi connectivity index (χ0) is 12.4. The van der Waals surface area contributed by atoms with Gasteiger partial charge in [-0.1, -0.05) is 18.2 Å². The molecule has 0 saturated carbocycles. The van der Waals surface area contributed by atoms with Gasteiger partial charge >= 0.3 is 0 Å². The summed E-state index contributed by atoms with van der Waals surface area (Å²) in [5.41, 5.74) is 3.98. The van der Waals surface area contributed by atoms with Crippen molar-refractivity contribution in [1.29, 1.82) is 0 Å². The van der Waals surface area contributed by atoms with Crippen LogP contribution in [0.4, 0.5) is 11.5 Å². The highest BCUT2D eigenvalue weighted by Crippen LogP contribution is 2.17. The van der Waals surface area contributed by atoms with Crippen molar-refractivity contribution in [3.8, 4) is 0 Å². The molecular weight excluding hydrogens is 222 g/mol. The lowest BCUT2D eigenvalue weighted by Gasteiger charge is -2.06. The normalized spacial score (nSPS) is 10.5.